The van der Waals surface area contributed by atoms with Gasteiger partial charge in [-0.05, 0) is 49.2 Å². The molecule has 1 aromatic heterocycles. The Morgan fingerprint density at radius 3 is 2.45 bits per heavy atom. The molecule has 7 heteroatoms. The Labute approximate surface area is 177 Å². The predicted octanol–water partition coefficient (Wildman–Crippen LogP) is 3.17. The average molecular weight is 415 g/mol. The number of hydrogen-bond acceptors (Lipinski definition) is 5. The molecular weight excluding hydrogens is 388 g/mol. The molecule has 0 saturated carbocycles. The molecule has 0 radical (unpaired) electrons. The first-order valence-electron chi connectivity index (χ1n) is 10.3. The molecule has 29 heavy (non-hydrogen) atoms. The van der Waals surface area contributed by atoms with Crippen molar-refractivity contribution >= 4 is 23.2 Å². The number of ether oxygens (including phenoxy) is 1. The minimum atomic E-state index is 0.0307. The number of piperazine rings is 1. The van der Waals surface area contributed by atoms with E-state index in [1.165, 1.54) is 12.8 Å². The number of anilines is 1. The summed E-state index contributed by atoms with van der Waals surface area (Å²) in [6.07, 6.45) is 4.19. The maximum absolute atomic E-state index is 12.9. The molecule has 2 aromatic rings. The van der Waals surface area contributed by atoms with E-state index in [-0.39, 0.29) is 5.91 Å². The number of benzene rings is 1. The van der Waals surface area contributed by atoms with E-state index in [2.05, 4.69) is 14.8 Å². The van der Waals surface area contributed by atoms with Gasteiger partial charge in [-0.2, -0.15) is 0 Å². The number of aromatic nitrogens is 1. The lowest BCUT2D eigenvalue weighted by Gasteiger charge is -2.34. The van der Waals surface area contributed by atoms with Crippen molar-refractivity contribution in [2.24, 2.45) is 0 Å². The van der Waals surface area contributed by atoms with E-state index in [0.717, 1.165) is 57.3 Å². The van der Waals surface area contributed by atoms with E-state index in [4.69, 9.17) is 16.3 Å². The van der Waals surface area contributed by atoms with Gasteiger partial charge >= 0.3 is 0 Å². The highest BCUT2D eigenvalue weighted by atomic mass is 35.5. The summed E-state index contributed by atoms with van der Waals surface area (Å²) < 4.78 is 5.77. The van der Waals surface area contributed by atoms with Gasteiger partial charge in [-0.3, -0.25) is 14.7 Å². The van der Waals surface area contributed by atoms with Crippen LogP contribution in [0.1, 0.15) is 23.3 Å². The molecule has 4 rings (SSSR count). The molecule has 2 aliphatic rings. The van der Waals surface area contributed by atoms with Crippen molar-refractivity contribution in [3.63, 3.8) is 0 Å². The minimum Gasteiger partial charge on any atom is -0.492 e. The van der Waals surface area contributed by atoms with Gasteiger partial charge in [-0.25, -0.2) is 0 Å². The molecule has 0 atom stereocenters. The highest BCUT2D eigenvalue weighted by molar-refractivity contribution is 6.30. The van der Waals surface area contributed by atoms with Gasteiger partial charge in [0.25, 0.3) is 5.91 Å². The first-order valence-corrected chi connectivity index (χ1v) is 10.7. The molecule has 2 aliphatic heterocycles. The third-order valence-electron chi connectivity index (χ3n) is 5.58. The zero-order chi connectivity index (χ0) is 20.1. The summed E-state index contributed by atoms with van der Waals surface area (Å²) >= 11 is 5.89. The molecule has 0 aliphatic carbocycles. The molecule has 154 valence electrons. The number of amides is 1. The second-order valence-electron chi connectivity index (χ2n) is 7.53. The summed E-state index contributed by atoms with van der Waals surface area (Å²) in [7, 11) is 0. The second kappa shape index (κ2) is 9.46. The van der Waals surface area contributed by atoms with E-state index < -0.39 is 0 Å². The standard InChI is InChI=1S/C22H27ClN4O2/c23-18-3-5-20(6-4-18)29-16-15-25-11-13-27(14-12-25)22(28)21-17-19(7-8-24-21)26-9-1-2-10-26/h3-8,17H,1-2,9-16H2. The van der Waals surface area contributed by atoms with Crippen molar-refractivity contribution in [1.29, 1.82) is 0 Å². The SMILES string of the molecule is O=C(c1cc(N2CCCC2)ccn1)N1CCN(CCOc2ccc(Cl)cc2)CC1. The van der Waals surface area contributed by atoms with Crippen LogP contribution in [0, 0.1) is 0 Å². The number of hydrogen-bond donors (Lipinski definition) is 0. The van der Waals surface area contributed by atoms with E-state index in [1.807, 2.05) is 41.3 Å². The van der Waals surface area contributed by atoms with E-state index in [1.54, 1.807) is 6.20 Å². The van der Waals surface area contributed by atoms with Crippen LogP contribution in [0.25, 0.3) is 0 Å². The zero-order valence-corrected chi connectivity index (χ0v) is 17.4. The Morgan fingerprint density at radius 2 is 1.72 bits per heavy atom. The summed E-state index contributed by atoms with van der Waals surface area (Å²) in [5, 5.41) is 0.707. The number of carbonyl (C=O) groups is 1. The minimum absolute atomic E-state index is 0.0307. The Balaban J connectivity index is 1.24. The van der Waals surface area contributed by atoms with Crippen LogP contribution < -0.4 is 9.64 Å². The van der Waals surface area contributed by atoms with Gasteiger partial charge in [0.2, 0.25) is 0 Å². The van der Waals surface area contributed by atoms with Gasteiger partial charge in [0.15, 0.2) is 0 Å². The number of carbonyl (C=O) groups excluding carboxylic acids is 1. The van der Waals surface area contributed by atoms with E-state index in [0.29, 0.717) is 17.3 Å². The molecule has 2 fully saturated rings. The maximum Gasteiger partial charge on any atom is 0.272 e. The summed E-state index contributed by atoms with van der Waals surface area (Å²) in [4.78, 5) is 23.8. The van der Waals surface area contributed by atoms with Crippen molar-refractivity contribution in [2.45, 2.75) is 12.8 Å². The van der Waals surface area contributed by atoms with Gasteiger partial charge in [0.05, 0.1) is 0 Å². The molecule has 0 bridgehead atoms. The van der Waals surface area contributed by atoms with Crippen LogP contribution in [0.4, 0.5) is 5.69 Å². The van der Waals surface area contributed by atoms with E-state index in [9.17, 15) is 4.79 Å². The fourth-order valence-electron chi connectivity index (χ4n) is 3.87. The Morgan fingerprint density at radius 1 is 1.00 bits per heavy atom. The number of nitrogens with zero attached hydrogens (tertiary/aromatic N) is 4. The molecule has 6 nitrogen and oxygen atoms in total. The third kappa shape index (κ3) is 5.19. The molecule has 1 aromatic carbocycles. The van der Waals surface area contributed by atoms with Crippen molar-refractivity contribution in [1.82, 2.24) is 14.8 Å². The largest absolute Gasteiger partial charge is 0.492 e. The van der Waals surface area contributed by atoms with Gasteiger partial charge < -0.3 is 14.5 Å². The van der Waals surface area contributed by atoms with Crippen molar-refractivity contribution in [3.05, 3.63) is 53.3 Å². The summed E-state index contributed by atoms with van der Waals surface area (Å²) in [6.45, 7) is 6.72. The highest BCUT2D eigenvalue weighted by Gasteiger charge is 2.23. The van der Waals surface area contributed by atoms with Crippen molar-refractivity contribution < 1.29 is 9.53 Å². The number of pyridine rings is 1. The lowest BCUT2D eigenvalue weighted by atomic mass is 10.2. The van der Waals surface area contributed by atoms with Crippen LogP contribution in [0.5, 0.6) is 5.75 Å². The summed E-state index contributed by atoms with van der Waals surface area (Å²) in [5.74, 6) is 0.857. The van der Waals surface area contributed by atoms with Gasteiger partial charge in [-0.1, -0.05) is 11.6 Å². The normalized spacial score (nSPS) is 17.6. The lowest BCUT2D eigenvalue weighted by molar-refractivity contribution is 0.0614. The monoisotopic (exact) mass is 414 g/mol. The zero-order valence-electron chi connectivity index (χ0n) is 16.6. The highest BCUT2D eigenvalue weighted by Crippen LogP contribution is 2.21. The van der Waals surface area contributed by atoms with Crippen LogP contribution in [0.2, 0.25) is 5.02 Å². The fraction of sp³-hybridized carbons (Fsp3) is 0.455. The fourth-order valence-corrected chi connectivity index (χ4v) is 3.99. The summed E-state index contributed by atoms with van der Waals surface area (Å²) in [5.41, 5.74) is 1.66. The molecule has 0 unspecified atom stereocenters. The number of halogens is 1. The Bertz CT molecular complexity index is 816. The Hall–Kier alpha value is -2.31. The van der Waals surface area contributed by atoms with Gasteiger partial charge in [0, 0.05) is 62.7 Å². The first-order chi connectivity index (χ1) is 14.2. The molecule has 2 saturated heterocycles. The van der Waals surface area contributed by atoms with Crippen LogP contribution in [-0.2, 0) is 0 Å². The van der Waals surface area contributed by atoms with Crippen molar-refractivity contribution in [2.75, 3.05) is 57.3 Å². The maximum atomic E-state index is 12.9. The van der Waals surface area contributed by atoms with Crippen LogP contribution in [0.15, 0.2) is 42.6 Å². The van der Waals surface area contributed by atoms with Crippen LogP contribution in [-0.4, -0.2) is 73.1 Å². The third-order valence-corrected chi connectivity index (χ3v) is 5.84. The predicted molar refractivity (Wildman–Crippen MR) is 115 cm³/mol. The molecule has 0 spiro atoms. The van der Waals surface area contributed by atoms with E-state index >= 15 is 0 Å². The van der Waals surface area contributed by atoms with Crippen molar-refractivity contribution in [3.8, 4) is 5.75 Å². The smallest absolute Gasteiger partial charge is 0.272 e. The first kappa shape index (κ1) is 20.0. The lowest BCUT2D eigenvalue weighted by Crippen LogP contribution is -2.49. The van der Waals surface area contributed by atoms with Crippen LogP contribution in [0.3, 0.4) is 0 Å². The quantitative estimate of drug-likeness (QED) is 0.726. The van der Waals surface area contributed by atoms with Gasteiger partial charge in [-0.15, -0.1) is 0 Å². The second-order valence-corrected chi connectivity index (χ2v) is 7.97. The molecule has 1 amide bonds. The molecule has 3 heterocycles. The topological polar surface area (TPSA) is 48.9 Å². The van der Waals surface area contributed by atoms with Crippen LogP contribution >= 0.6 is 11.6 Å². The van der Waals surface area contributed by atoms with Gasteiger partial charge in [0.1, 0.15) is 18.1 Å². The molecule has 0 N–H and O–H groups in total. The Kier molecular flexibility index (Phi) is 6.52. The average Bonchev–Trinajstić information content (AvgIpc) is 3.30. The summed E-state index contributed by atoms with van der Waals surface area (Å²) in [6, 6.07) is 11.4. The number of rotatable bonds is 6. The molecular formula is C22H27ClN4O2.